The van der Waals surface area contributed by atoms with Crippen molar-refractivity contribution in [3.8, 4) is 11.4 Å². The fraction of sp³-hybridized carbons (Fsp3) is 0.364. The van der Waals surface area contributed by atoms with Crippen molar-refractivity contribution < 1.29 is 4.52 Å². The van der Waals surface area contributed by atoms with Crippen LogP contribution in [0.4, 0.5) is 0 Å². The Morgan fingerprint density at radius 3 is 3.00 bits per heavy atom. The number of imidazole rings is 1. The maximum absolute atomic E-state index is 5.69. The predicted octanol–water partition coefficient (Wildman–Crippen LogP) is 3.36. The Balaban J connectivity index is 1.40. The number of hydrogen-bond donors (Lipinski definition) is 1. The van der Waals surface area contributed by atoms with Gasteiger partial charge in [0, 0.05) is 29.9 Å². The number of pyridine rings is 1. The molecule has 0 spiro atoms. The van der Waals surface area contributed by atoms with Gasteiger partial charge in [-0.15, -0.1) is 0 Å². The molecular weight excluding hydrogens is 364 g/mol. The summed E-state index contributed by atoms with van der Waals surface area (Å²) in [6.45, 7) is 4.36. The van der Waals surface area contributed by atoms with Gasteiger partial charge in [0.05, 0.1) is 11.0 Å². The summed E-state index contributed by atoms with van der Waals surface area (Å²) in [5.41, 5.74) is 6.63. The van der Waals surface area contributed by atoms with Gasteiger partial charge in [0.25, 0.3) is 0 Å². The normalized spacial score (nSPS) is 16.3. The summed E-state index contributed by atoms with van der Waals surface area (Å²) in [4.78, 5) is 14.2. The first-order valence-corrected chi connectivity index (χ1v) is 10.2. The number of nitrogens with zero attached hydrogens (tertiary/aromatic N) is 5. The molecule has 2 aliphatic rings. The molecule has 1 saturated carbocycles. The monoisotopic (exact) mass is 386 g/mol. The summed E-state index contributed by atoms with van der Waals surface area (Å²) in [6, 6.07) is 8.26. The van der Waals surface area contributed by atoms with Crippen molar-refractivity contribution in [2.24, 2.45) is 0 Å². The van der Waals surface area contributed by atoms with Crippen LogP contribution in [-0.2, 0) is 19.5 Å². The molecule has 1 aromatic carbocycles. The highest BCUT2D eigenvalue weighted by atomic mass is 16.5. The smallest absolute Gasteiger partial charge is 0.246 e. The summed E-state index contributed by atoms with van der Waals surface area (Å²) < 4.78 is 7.93. The van der Waals surface area contributed by atoms with Crippen LogP contribution < -0.4 is 5.32 Å². The number of rotatable bonds is 4. The quantitative estimate of drug-likeness (QED) is 0.579. The van der Waals surface area contributed by atoms with Gasteiger partial charge >= 0.3 is 0 Å². The number of aromatic nitrogens is 5. The molecule has 0 radical (unpaired) electrons. The van der Waals surface area contributed by atoms with Crippen LogP contribution in [0.15, 0.2) is 35.0 Å². The Labute approximate surface area is 168 Å². The second-order valence-electron chi connectivity index (χ2n) is 7.98. The fourth-order valence-corrected chi connectivity index (χ4v) is 4.34. The molecule has 0 unspecified atom stereocenters. The second-order valence-corrected chi connectivity index (χ2v) is 7.98. The molecule has 4 aromatic rings. The van der Waals surface area contributed by atoms with Crippen LogP contribution in [0.25, 0.3) is 22.4 Å². The lowest BCUT2D eigenvalue weighted by atomic mass is 9.95. The number of fused-ring (bicyclic) bond motifs is 2. The van der Waals surface area contributed by atoms with E-state index in [1.807, 2.05) is 19.2 Å². The molecule has 1 N–H and O–H groups in total. The average Bonchev–Trinajstić information content (AvgIpc) is 3.39. The van der Waals surface area contributed by atoms with E-state index in [9.17, 15) is 0 Å². The van der Waals surface area contributed by atoms with Crippen LogP contribution in [-0.4, -0.2) is 31.2 Å². The van der Waals surface area contributed by atoms with E-state index in [2.05, 4.69) is 38.2 Å². The maximum Gasteiger partial charge on any atom is 0.246 e. The average molecular weight is 386 g/mol. The van der Waals surface area contributed by atoms with Gasteiger partial charge in [-0.3, -0.25) is 4.98 Å². The highest BCUT2D eigenvalue weighted by Gasteiger charge is 2.30. The first kappa shape index (κ1) is 16.9. The SMILES string of the molecule is Cc1ncc2c(c1-c1noc(Cn3c(C4CC4)nc4ccccc43)n1)CCNC2. The van der Waals surface area contributed by atoms with E-state index in [1.165, 1.54) is 24.0 Å². The van der Waals surface area contributed by atoms with E-state index in [-0.39, 0.29) is 0 Å². The van der Waals surface area contributed by atoms with Gasteiger partial charge in [0.1, 0.15) is 12.4 Å². The van der Waals surface area contributed by atoms with E-state index in [0.29, 0.717) is 24.2 Å². The highest BCUT2D eigenvalue weighted by molar-refractivity contribution is 5.76. The third-order valence-electron chi connectivity index (χ3n) is 5.94. The molecule has 4 heterocycles. The Morgan fingerprint density at radius 1 is 1.21 bits per heavy atom. The zero-order valence-corrected chi connectivity index (χ0v) is 16.4. The van der Waals surface area contributed by atoms with E-state index in [4.69, 9.17) is 14.5 Å². The molecule has 7 nitrogen and oxygen atoms in total. The standard InChI is InChI=1S/C22H22N6O/c1-13-20(16-8-9-23-10-15(16)11-24-13)21-26-19(29-27-21)12-28-18-5-3-2-4-17(18)25-22(28)14-6-7-14/h2-5,11,14,23H,6-10,12H2,1H3. The van der Waals surface area contributed by atoms with Gasteiger partial charge in [-0.2, -0.15) is 4.98 Å². The number of para-hydroxylation sites is 2. The lowest BCUT2D eigenvalue weighted by molar-refractivity contribution is 0.371. The van der Waals surface area contributed by atoms with E-state index < -0.39 is 0 Å². The summed E-state index contributed by atoms with van der Waals surface area (Å²) in [6.07, 6.45) is 5.32. The molecule has 0 bridgehead atoms. The third kappa shape index (κ3) is 2.84. The van der Waals surface area contributed by atoms with Crippen LogP contribution >= 0.6 is 0 Å². The molecule has 146 valence electrons. The summed E-state index contributed by atoms with van der Waals surface area (Å²) in [5, 5.41) is 7.73. The van der Waals surface area contributed by atoms with Crippen LogP contribution in [0.2, 0.25) is 0 Å². The van der Waals surface area contributed by atoms with Crippen molar-refractivity contribution >= 4 is 11.0 Å². The summed E-state index contributed by atoms with van der Waals surface area (Å²) >= 11 is 0. The van der Waals surface area contributed by atoms with Crippen molar-refractivity contribution in [3.05, 3.63) is 59.0 Å². The van der Waals surface area contributed by atoms with Crippen LogP contribution in [0.1, 0.15) is 47.3 Å². The zero-order chi connectivity index (χ0) is 19.4. The molecule has 7 heteroatoms. The second kappa shape index (κ2) is 6.49. The van der Waals surface area contributed by atoms with Crippen LogP contribution in [0.5, 0.6) is 0 Å². The molecule has 3 aromatic heterocycles. The van der Waals surface area contributed by atoms with Crippen molar-refractivity contribution in [3.63, 3.8) is 0 Å². The Kier molecular flexibility index (Phi) is 3.77. The molecule has 29 heavy (non-hydrogen) atoms. The minimum atomic E-state index is 0.544. The lowest BCUT2D eigenvalue weighted by Gasteiger charge is -2.19. The molecule has 0 saturated heterocycles. The minimum Gasteiger partial charge on any atom is -0.337 e. The van der Waals surface area contributed by atoms with Gasteiger partial charge in [0.15, 0.2) is 0 Å². The first-order chi connectivity index (χ1) is 14.3. The predicted molar refractivity (Wildman–Crippen MR) is 108 cm³/mol. The van der Waals surface area contributed by atoms with Crippen LogP contribution in [0, 0.1) is 6.92 Å². The molecule has 6 rings (SSSR count). The van der Waals surface area contributed by atoms with Crippen molar-refractivity contribution in [1.29, 1.82) is 0 Å². The Hall–Kier alpha value is -3.06. The van der Waals surface area contributed by atoms with E-state index in [1.54, 1.807) is 0 Å². The maximum atomic E-state index is 5.69. The Bertz CT molecular complexity index is 1220. The molecule has 1 aliphatic carbocycles. The molecule has 1 fully saturated rings. The largest absolute Gasteiger partial charge is 0.337 e. The topological polar surface area (TPSA) is 81.7 Å². The molecule has 0 amide bonds. The number of aryl methyl sites for hydroxylation is 1. The summed E-state index contributed by atoms with van der Waals surface area (Å²) in [5.74, 6) is 2.92. The first-order valence-electron chi connectivity index (χ1n) is 10.2. The van der Waals surface area contributed by atoms with Gasteiger partial charge in [-0.1, -0.05) is 17.3 Å². The fourth-order valence-electron chi connectivity index (χ4n) is 4.34. The number of nitrogens with one attached hydrogen (secondary N) is 1. The summed E-state index contributed by atoms with van der Waals surface area (Å²) in [7, 11) is 0. The van der Waals surface area contributed by atoms with Gasteiger partial charge < -0.3 is 14.4 Å². The minimum absolute atomic E-state index is 0.544. The molecule has 0 atom stereocenters. The Morgan fingerprint density at radius 2 is 2.10 bits per heavy atom. The van der Waals surface area contributed by atoms with Gasteiger partial charge in [0.2, 0.25) is 11.7 Å². The third-order valence-corrected chi connectivity index (χ3v) is 5.94. The lowest BCUT2D eigenvalue weighted by Crippen LogP contribution is -2.24. The number of benzene rings is 1. The highest BCUT2D eigenvalue weighted by Crippen LogP contribution is 2.41. The zero-order valence-electron chi connectivity index (χ0n) is 16.4. The van der Waals surface area contributed by atoms with Crippen molar-refractivity contribution in [1.82, 2.24) is 30.0 Å². The van der Waals surface area contributed by atoms with Crippen molar-refractivity contribution in [2.45, 2.75) is 45.2 Å². The van der Waals surface area contributed by atoms with Crippen molar-refractivity contribution in [2.75, 3.05) is 6.54 Å². The van der Waals surface area contributed by atoms with Gasteiger partial charge in [-0.05, 0) is 56.0 Å². The molecule has 1 aliphatic heterocycles. The van der Waals surface area contributed by atoms with E-state index >= 15 is 0 Å². The van der Waals surface area contributed by atoms with Gasteiger partial charge in [-0.25, -0.2) is 4.98 Å². The van der Waals surface area contributed by atoms with Crippen LogP contribution in [0.3, 0.4) is 0 Å². The number of hydrogen-bond acceptors (Lipinski definition) is 6. The molecular formula is C22H22N6O. The van der Waals surface area contributed by atoms with E-state index in [0.717, 1.165) is 47.6 Å².